The lowest BCUT2D eigenvalue weighted by atomic mass is 9.94. The number of hydrogen-bond acceptors (Lipinski definition) is 2. The Labute approximate surface area is 123 Å². The lowest BCUT2D eigenvalue weighted by molar-refractivity contribution is 0.203. The molecule has 0 bridgehead atoms. The van der Waals surface area contributed by atoms with E-state index in [0.717, 1.165) is 33.8 Å². The summed E-state index contributed by atoms with van der Waals surface area (Å²) in [6, 6.07) is 23.7. The molecule has 0 saturated heterocycles. The molecule has 102 valence electrons. The van der Waals surface area contributed by atoms with Crippen LogP contribution >= 0.6 is 0 Å². The number of benzene rings is 3. The van der Waals surface area contributed by atoms with E-state index in [1.165, 1.54) is 0 Å². The fourth-order valence-corrected chi connectivity index (χ4v) is 2.75. The van der Waals surface area contributed by atoms with Crippen molar-refractivity contribution in [2.45, 2.75) is 6.10 Å². The van der Waals surface area contributed by atoms with Crippen molar-refractivity contribution in [2.24, 2.45) is 0 Å². The van der Waals surface area contributed by atoms with Gasteiger partial charge in [0.05, 0.1) is 0 Å². The lowest BCUT2D eigenvalue weighted by Gasteiger charge is -2.25. The smallest absolute Gasteiger partial charge is 0.133 e. The molecule has 1 aliphatic rings. The van der Waals surface area contributed by atoms with Gasteiger partial charge in [-0.05, 0) is 29.3 Å². The molecule has 4 rings (SSSR count). The Balaban J connectivity index is 1.83. The van der Waals surface area contributed by atoms with E-state index in [1.807, 2.05) is 60.7 Å². The van der Waals surface area contributed by atoms with Crippen LogP contribution in [0.25, 0.3) is 11.1 Å². The van der Waals surface area contributed by atoms with Gasteiger partial charge in [-0.25, -0.2) is 0 Å². The van der Waals surface area contributed by atoms with Crippen molar-refractivity contribution in [2.75, 3.05) is 0 Å². The van der Waals surface area contributed by atoms with E-state index in [0.29, 0.717) is 0 Å². The van der Waals surface area contributed by atoms with Crippen LogP contribution in [0.4, 0.5) is 0 Å². The van der Waals surface area contributed by atoms with Gasteiger partial charge < -0.3 is 9.84 Å². The van der Waals surface area contributed by atoms with Crippen molar-refractivity contribution in [1.82, 2.24) is 0 Å². The van der Waals surface area contributed by atoms with Gasteiger partial charge in [-0.3, -0.25) is 0 Å². The average Bonchev–Trinajstić information content (AvgIpc) is 2.56. The van der Waals surface area contributed by atoms with Crippen molar-refractivity contribution in [3.63, 3.8) is 0 Å². The van der Waals surface area contributed by atoms with E-state index < -0.39 is 6.10 Å². The molecule has 21 heavy (non-hydrogen) atoms. The summed E-state index contributed by atoms with van der Waals surface area (Å²) in [5.41, 5.74) is 3.84. The van der Waals surface area contributed by atoms with Crippen LogP contribution in [0.2, 0.25) is 0 Å². The van der Waals surface area contributed by atoms with Gasteiger partial charge >= 0.3 is 0 Å². The van der Waals surface area contributed by atoms with Gasteiger partial charge in [0.1, 0.15) is 17.6 Å². The summed E-state index contributed by atoms with van der Waals surface area (Å²) in [4.78, 5) is 0. The molecule has 0 spiro atoms. The molecule has 0 aromatic heterocycles. The molecule has 0 saturated carbocycles. The summed E-state index contributed by atoms with van der Waals surface area (Å²) < 4.78 is 5.88. The van der Waals surface area contributed by atoms with E-state index in [-0.39, 0.29) is 0 Å². The molecule has 2 nitrogen and oxygen atoms in total. The maximum absolute atomic E-state index is 10.6. The molecule has 0 radical (unpaired) electrons. The van der Waals surface area contributed by atoms with Gasteiger partial charge in [0.25, 0.3) is 0 Å². The Bertz CT molecular complexity index is 794. The highest BCUT2D eigenvalue weighted by molar-refractivity contribution is 5.67. The molecule has 1 aliphatic heterocycles. The van der Waals surface area contributed by atoms with E-state index in [9.17, 15) is 5.11 Å². The molecule has 1 unspecified atom stereocenters. The van der Waals surface area contributed by atoms with Crippen LogP contribution in [0, 0.1) is 0 Å². The quantitative estimate of drug-likeness (QED) is 0.706. The summed E-state index contributed by atoms with van der Waals surface area (Å²) >= 11 is 0. The topological polar surface area (TPSA) is 29.5 Å². The first-order valence-electron chi connectivity index (χ1n) is 6.97. The van der Waals surface area contributed by atoms with Crippen LogP contribution in [0.1, 0.15) is 17.2 Å². The van der Waals surface area contributed by atoms with E-state index >= 15 is 0 Å². The number of para-hydroxylation sites is 1. The van der Waals surface area contributed by atoms with Crippen LogP contribution < -0.4 is 4.74 Å². The number of aliphatic hydroxyl groups excluding tert-OH is 1. The zero-order chi connectivity index (χ0) is 14.2. The van der Waals surface area contributed by atoms with Crippen molar-refractivity contribution < 1.29 is 9.84 Å². The number of aliphatic hydroxyl groups is 1. The minimum absolute atomic E-state index is 0.645. The summed E-state index contributed by atoms with van der Waals surface area (Å²) in [6.45, 7) is 0. The summed E-state index contributed by atoms with van der Waals surface area (Å²) in [7, 11) is 0. The van der Waals surface area contributed by atoms with Crippen LogP contribution in [0.5, 0.6) is 11.5 Å². The molecule has 2 heteroatoms. The maximum Gasteiger partial charge on any atom is 0.133 e. The van der Waals surface area contributed by atoms with Gasteiger partial charge in [0, 0.05) is 11.1 Å². The monoisotopic (exact) mass is 274 g/mol. The van der Waals surface area contributed by atoms with Gasteiger partial charge in [0.15, 0.2) is 0 Å². The second-order valence-corrected chi connectivity index (χ2v) is 5.16. The Kier molecular flexibility index (Phi) is 2.76. The number of rotatable bonds is 1. The lowest BCUT2D eigenvalue weighted by Crippen LogP contribution is -2.09. The highest BCUT2D eigenvalue weighted by atomic mass is 16.5. The van der Waals surface area contributed by atoms with Crippen LogP contribution in [0.15, 0.2) is 72.8 Å². The summed E-state index contributed by atoms with van der Waals surface area (Å²) in [6.07, 6.45) is -0.645. The van der Waals surface area contributed by atoms with Crippen molar-refractivity contribution in [1.29, 1.82) is 0 Å². The fourth-order valence-electron chi connectivity index (χ4n) is 2.75. The molecular formula is C19H14O2. The Morgan fingerprint density at radius 1 is 0.667 bits per heavy atom. The molecule has 0 aliphatic carbocycles. The van der Waals surface area contributed by atoms with Crippen LogP contribution in [-0.2, 0) is 0 Å². The van der Waals surface area contributed by atoms with Crippen molar-refractivity contribution in [3.05, 3.63) is 83.9 Å². The summed E-state index contributed by atoms with van der Waals surface area (Å²) in [5.74, 6) is 1.45. The zero-order valence-electron chi connectivity index (χ0n) is 11.4. The Hall–Kier alpha value is -2.58. The minimum Gasteiger partial charge on any atom is -0.457 e. The van der Waals surface area contributed by atoms with E-state index in [1.54, 1.807) is 0 Å². The van der Waals surface area contributed by atoms with Gasteiger partial charge in [-0.1, -0.05) is 54.6 Å². The predicted octanol–water partition coefficient (Wildman–Crippen LogP) is 4.54. The first kappa shape index (κ1) is 12.2. The molecule has 3 aromatic rings. The number of ether oxygens (including phenoxy) is 1. The molecule has 1 heterocycles. The SMILES string of the molecule is OC1c2ccccc2Oc2ccc(-c3ccccc3)cc21. The van der Waals surface area contributed by atoms with Crippen molar-refractivity contribution in [3.8, 4) is 22.6 Å². The Morgan fingerprint density at radius 2 is 1.38 bits per heavy atom. The molecule has 1 N–H and O–H groups in total. The van der Waals surface area contributed by atoms with Gasteiger partial charge in [0.2, 0.25) is 0 Å². The predicted molar refractivity (Wildman–Crippen MR) is 82.5 cm³/mol. The van der Waals surface area contributed by atoms with Crippen LogP contribution in [-0.4, -0.2) is 5.11 Å². The van der Waals surface area contributed by atoms with E-state index in [2.05, 4.69) is 12.1 Å². The van der Waals surface area contributed by atoms with Crippen molar-refractivity contribution >= 4 is 0 Å². The fraction of sp³-hybridized carbons (Fsp3) is 0.0526. The third-order valence-electron chi connectivity index (χ3n) is 3.85. The minimum atomic E-state index is -0.645. The van der Waals surface area contributed by atoms with Crippen LogP contribution in [0.3, 0.4) is 0 Å². The van der Waals surface area contributed by atoms with E-state index in [4.69, 9.17) is 4.74 Å². The largest absolute Gasteiger partial charge is 0.457 e. The molecule has 0 amide bonds. The Morgan fingerprint density at radius 3 is 2.24 bits per heavy atom. The zero-order valence-corrected chi connectivity index (χ0v) is 11.4. The third kappa shape index (κ3) is 2.01. The second-order valence-electron chi connectivity index (χ2n) is 5.16. The average molecular weight is 274 g/mol. The highest BCUT2D eigenvalue weighted by Crippen LogP contribution is 2.43. The highest BCUT2D eigenvalue weighted by Gasteiger charge is 2.25. The first-order chi connectivity index (χ1) is 10.3. The molecular weight excluding hydrogens is 260 g/mol. The first-order valence-corrected chi connectivity index (χ1v) is 6.97. The van der Waals surface area contributed by atoms with Gasteiger partial charge in [-0.2, -0.15) is 0 Å². The molecule has 3 aromatic carbocycles. The number of hydrogen-bond donors (Lipinski definition) is 1. The third-order valence-corrected chi connectivity index (χ3v) is 3.85. The number of fused-ring (bicyclic) bond motifs is 2. The molecule has 1 atom stereocenters. The van der Waals surface area contributed by atoms with Gasteiger partial charge in [-0.15, -0.1) is 0 Å². The normalized spacial score (nSPS) is 15.8. The summed E-state index contributed by atoms with van der Waals surface area (Å²) in [5, 5.41) is 10.6. The second kappa shape index (κ2) is 4.76. The maximum atomic E-state index is 10.6. The molecule has 0 fully saturated rings. The standard InChI is InChI=1S/C19H14O2/c20-19-15-8-4-5-9-17(15)21-18-11-10-14(12-16(18)19)13-6-2-1-3-7-13/h1-12,19-20H.